The average Bonchev–Trinajstić information content (AvgIpc) is 3.19. The molecule has 26 heavy (non-hydrogen) atoms. The van der Waals surface area contributed by atoms with Crippen molar-refractivity contribution in [3.8, 4) is 17.2 Å². The van der Waals surface area contributed by atoms with E-state index in [9.17, 15) is 5.26 Å². The fraction of sp³-hybridized carbons (Fsp3) is 0.238. The summed E-state index contributed by atoms with van der Waals surface area (Å²) in [7, 11) is 2.11. The lowest BCUT2D eigenvalue weighted by Gasteiger charge is -2.28. The minimum absolute atomic E-state index is 0.668. The number of benzene rings is 1. The zero-order valence-electron chi connectivity index (χ0n) is 14.6. The monoisotopic (exact) mass is 361 g/mol. The van der Waals surface area contributed by atoms with Crippen molar-refractivity contribution in [3.63, 3.8) is 0 Å². The number of furan rings is 1. The number of pyridine rings is 1. The molecule has 0 saturated heterocycles. The molecule has 0 radical (unpaired) electrons. The van der Waals surface area contributed by atoms with Crippen molar-refractivity contribution >= 4 is 11.8 Å². The van der Waals surface area contributed by atoms with Crippen molar-refractivity contribution in [3.05, 3.63) is 71.3 Å². The minimum Gasteiger partial charge on any atom is -0.468 e. The molecule has 4 rings (SSSR count). The summed E-state index contributed by atoms with van der Waals surface area (Å²) in [6.45, 7) is 1.81. The Hall–Kier alpha value is -2.55. The molecule has 3 aromatic rings. The Morgan fingerprint density at radius 2 is 2.08 bits per heavy atom. The molecule has 4 nitrogen and oxygen atoms in total. The second kappa shape index (κ2) is 7.36. The maximum absolute atomic E-state index is 9.94. The number of hydrogen-bond donors (Lipinski definition) is 0. The predicted octanol–water partition coefficient (Wildman–Crippen LogP) is 4.49. The van der Waals surface area contributed by atoms with Gasteiger partial charge in [0.1, 0.15) is 16.9 Å². The van der Waals surface area contributed by atoms with Gasteiger partial charge in [-0.15, -0.1) is 0 Å². The minimum atomic E-state index is 0.668. The molecular weight excluding hydrogens is 342 g/mol. The Morgan fingerprint density at radius 3 is 2.81 bits per heavy atom. The molecule has 130 valence electrons. The second-order valence-corrected chi connectivity index (χ2v) is 7.39. The number of nitriles is 1. The van der Waals surface area contributed by atoms with Crippen LogP contribution >= 0.6 is 11.8 Å². The molecule has 5 heteroatoms. The van der Waals surface area contributed by atoms with Gasteiger partial charge in [0.25, 0.3) is 0 Å². The first kappa shape index (κ1) is 16.9. The van der Waals surface area contributed by atoms with E-state index >= 15 is 0 Å². The predicted molar refractivity (Wildman–Crippen MR) is 103 cm³/mol. The van der Waals surface area contributed by atoms with E-state index in [0.717, 1.165) is 47.1 Å². The Kier molecular flexibility index (Phi) is 4.79. The number of likely N-dealkylation sites (N-methyl/N-ethyl adjacent to an activating group) is 1. The van der Waals surface area contributed by atoms with Gasteiger partial charge in [0.2, 0.25) is 0 Å². The third-order valence-corrected chi connectivity index (χ3v) is 5.61. The van der Waals surface area contributed by atoms with Crippen LogP contribution in [0.4, 0.5) is 0 Å². The summed E-state index contributed by atoms with van der Waals surface area (Å²) in [5.74, 6) is 1.56. The number of rotatable bonds is 4. The van der Waals surface area contributed by atoms with Gasteiger partial charge in [0.05, 0.1) is 17.6 Å². The molecule has 0 unspecified atom stereocenters. The molecule has 1 aliphatic rings. The van der Waals surface area contributed by atoms with Crippen LogP contribution < -0.4 is 0 Å². The van der Waals surface area contributed by atoms with E-state index in [-0.39, 0.29) is 0 Å². The van der Waals surface area contributed by atoms with Crippen molar-refractivity contribution in [1.82, 2.24) is 9.88 Å². The molecule has 3 heterocycles. The van der Waals surface area contributed by atoms with Gasteiger partial charge in [-0.3, -0.25) is 0 Å². The fourth-order valence-corrected chi connectivity index (χ4v) is 4.25. The van der Waals surface area contributed by atoms with Crippen molar-refractivity contribution in [2.45, 2.75) is 23.7 Å². The SMILES string of the molecule is CN1CCc2nc(SCc3ccco3)c(C#N)c(-c3ccccc3)c2C1. The smallest absolute Gasteiger partial charge is 0.115 e. The summed E-state index contributed by atoms with van der Waals surface area (Å²) in [5, 5.41) is 10.7. The molecule has 1 aliphatic heterocycles. The van der Waals surface area contributed by atoms with Crippen LogP contribution in [0.1, 0.15) is 22.6 Å². The summed E-state index contributed by atoms with van der Waals surface area (Å²) < 4.78 is 5.43. The van der Waals surface area contributed by atoms with E-state index in [2.05, 4.69) is 30.1 Å². The van der Waals surface area contributed by atoms with Gasteiger partial charge in [-0.2, -0.15) is 5.26 Å². The third-order valence-electron chi connectivity index (χ3n) is 4.61. The molecule has 0 spiro atoms. The van der Waals surface area contributed by atoms with Gasteiger partial charge in [-0.05, 0) is 30.3 Å². The number of nitrogens with zero attached hydrogens (tertiary/aromatic N) is 3. The molecule has 2 aromatic heterocycles. The lowest BCUT2D eigenvalue weighted by atomic mass is 9.92. The van der Waals surface area contributed by atoms with Crippen molar-refractivity contribution < 1.29 is 4.42 Å². The van der Waals surface area contributed by atoms with E-state index in [1.165, 1.54) is 5.56 Å². The van der Waals surface area contributed by atoms with Gasteiger partial charge < -0.3 is 9.32 Å². The second-order valence-electron chi connectivity index (χ2n) is 6.43. The van der Waals surface area contributed by atoms with Crippen LogP contribution in [0.25, 0.3) is 11.1 Å². The first-order valence-corrected chi connectivity index (χ1v) is 9.60. The number of hydrogen-bond acceptors (Lipinski definition) is 5. The van der Waals surface area contributed by atoms with Crippen LogP contribution in [-0.2, 0) is 18.7 Å². The molecule has 0 fully saturated rings. The summed E-state index contributed by atoms with van der Waals surface area (Å²) in [5.41, 5.74) is 5.08. The third kappa shape index (κ3) is 3.26. The highest BCUT2D eigenvalue weighted by Crippen LogP contribution is 2.37. The van der Waals surface area contributed by atoms with Crippen LogP contribution in [0.2, 0.25) is 0 Å². The van der Waals surface area contributed by atoms with Crippen molar-refractivity contribution in [2.24, 2.45) is 0 Å². The molecule has 0 amide bonds. The zero-order valence-corrected chi connectivity index (χ0v) is 15.4. The molecule has 1 aromatic carbocycles. The van der Waals surface area contributed by atoms with Gasteiger partial charge in [0, 0.05) is 30.8 Å². The van der Waals surface area contributed by atoms with E-state index in [4.69, 9.17) is 9.40 Å². The Bertz CT molecular complexity index is 946. The maximum Gasteiger partial charge on any atom is 0.115 e. The quantitative estimate of drug-likeness (QED) is 0.641. The first-order chi connectivity index (χ1) is 12.8. The van der Waals surface area contributed by atoms with Crippen LogP contribution in [0.15, 0.2) is 58.2 Å². The fourth-order valence-electron chi connectivity index (χ4n) is 3.34. The van der Waals surface area contributed by atoms with E-state index in [0.29, 0.717) is 11.3 Å². The van der Waals surface area contributed by atoms with Gasteiger partial charge in [0.15, 0.2) is 0 Å². The zero-order chi connectivity index (χ0) is 17.9. The van der Waals surface area contributed by atoms with Crippen LogP contribution in [0.3, 0.4) is 0 Å². The molecule has 0 bridgehead atoms. The Labute approximate surface area is 157 Å². The van der Waals surface area contributed by atoms with Crippen LogP contribution in [-0.4, -0.2) is 23.5 Å². The maximum atomic E-state index is 9.94. The Balaban J connectivity index is 1.84. The summed E-state index contributed by atoms with van der Waals surface area (Å²) >= 11 is 1.57. The highest BCUT2D eigenvalue weighted by Gasteiger charge is 2.25. The highest BCUT2D eigenvalue weighted by molar-refractivity contribution is 7.98. The van der Waals surface area contributed by atoms with E-state index in [1.54, 1.807) is 18.0 Å². The summed E-state index contributed by atoms with van der Waals surface area (Å²) in [4.78, 5) is 7.16. The molecule has 0 N–H and O–H groups in total. The number of fused-ring (bicyclic) bond motifs is 1. The molecular formula is C21H19N3OS. The van der Waals surface area contributed by atoms with Gasteiger partial charge >= 0.3 is 0 Å². The van der Waals surface area contributed by atoms with E-state index in [1.807, 2.05) is 30.3 Å². The molecule has 0 saturated carbocycles. The lowest BCUT2D eigenvalue weighted by molar-refractivity contribution is 0.309. The number of aromatic nitrogens is 1. The van der Waals surface area contributed by atoms with Gasteiger partial charge in [-0.25, -0.2) is 4.98 Å². The van der Waals surface area contributed by atoms with E-state index < -0.39 is 0 Å². The van der Waals surface area contributed by atoms with Gasteiger partial charge in [-0.1, -0.05) is 42.1 Å². The standard InChI is InChI=1S/C21H19N3OS/c1-24-10-9-19-18(13-24)20(15-6-3-2-4-7-15)17(12-22)21(23-19)26-14-16-8-5-11-25-16/h2-8,11H,9-10,13-14H2,1H3. The molecule has 0 aliphatic carbocycles. The largest absolute Gasteiger partial charge is 0.468 e. The molecule has 0 atom stereocenters. The normalized spacial score (nSPS) is 14.0. The van der Waals surface area contributed by atoms with Crippen molar-refractivity contribution in [1.29, 1.82) is 5.26 Å². The topological polar surface area (TPSA) is 53.1 Å². The first-order valence-electron chi connectivity index (χ1n) is 8.61. The van der Waals surface area contributed by atoms with Crippen LogP contribution in [0, 0.1) is 11.3 Å². The highest BCUT2D eigenvalue weighted by atomic mass is 32.2. The summed E-state index contributed by atoms with van der Waals surface area (Å²) in [6, 6.07) is 16.4. The number of thioether (sulfide) groups is 1. The lowest BCUT2D eigenvalue weighted by Crippen LogP contribution is -2.28. The van der Waals surface area contributed by atoms with Crippen molar-refractivity contribution in [2.75, 3.05) is 13.6 Å². The van der Waals surface area contributed by atoms with Crippen LogP contribution in [0.5, 0.6) is 0 Å². The Morgan fingerprint density at radius 1 is 1.23 bits per heavy atom. The summed E-state index contributed by atoms with van der Waals surface area (Å²) in [6.07, 6.45) is 2.58. The average molecular weight is 361 g/mol.